The summed E-state index contributed by atoms with van der Waals surface area (Å²) in [7, 11) is 1.86. The van der Waals surface area contributed by atoms with Gasteiger partial charge in [0.15, 0.2) is 0 Å². The second kappa shape index (κ2) is 6.17. The Morgan fingerprint density at radius 3 is 2.39 bits per heavy atom. The first-order valence-corrected chi connectivity index (χ1v) is 8.17. The van der Waals surface area contributed by atoms with E-state index in [1.165, 1.54) is 0 Å². The lowest BCUT2D eigenvalue weighted by atomic mass is 9.96. The van der Waals surface area contributed by atoms with E-state index < -0.39 is 0 Å². The van der Waals surface area contributed by atoms with Crippen LogP contribution in [0.15, 0.2) is 10.1 Å². The van der Waals surface area contributed by atoms with Crippen LogP contribution >= 0.6 is 0 Å². The third-order valence-electron chi connectivity index (χ3n) is 5.09. The number of aliphatic imine (C=N–C) groups is 1. The molecule has 0 spiro atoms. The van der Waals surface area contributed by atoms with Crippen LogP contribution < -0.4 is 5.43 Å². The summed E-state index contributed by atoms with van der Waals surface area (Å²) in [5, 5.41) is 11.4. The second-order valence-corrected chi connectivity index (χ2v) is 6.61. The Morgan fingerprint density at radius 2 is 1.91 bits per heavy atom. The zero-order valence-corrected chi connectivity index (χ0v) is 13.8. The number of hydrogen-bond acceptors (Lipinski definition) is 3. The van der Waals surface area contributed by atoms with Crippen LogP contribution in [0, 0.1) is 5.41 Å². The molecule has 3 rings (SSSR count). The predicted molar refractivity (Wildman–Crippen MR) is 89.9 cm³/mol. The van der Waals surface area contributed by atoms with E-state index in [1.54, 1.807) is 11.8 Å². The van der Waals surface area contributed by atoms with Crippen LogP contribution in [0.2, 0.25) is 0 Å². The molecule has 2 amide bonds. The second-order valence-electron chi connectivity index (χ2n) is 6.61. The third-order valence-corrected chi connectivity index (χ3v) is 5.09. The van der Waals surface area contributed by atoms with Crippen molar-refractivity contribution >= 4 is 24.5 Å². The number of nitrogens with one attached hydrogen (secondary N) is 2. The van der Waals surface area contributed by atoms with E-state index in [1.807, 2.05) is 11.9 Å². The first-order chi connectivity index (χ1) is 11.0. The minimum atomic E-state index is 0.151. The van der Waals surface area contributed by atoms with Crippen molar-refractivity contribution in [2.24, 2.45) is 10.1 Å². The maximum Gasteiger partial charge on any atom is 0.320 e. The fourth-order valence-corrected chi connectivity index (χ4v) is 4.13. The van der Waals surface area contributed by atoms with Gasteiger partial charge in [-0.3, -0.25) is 5.41 Å². The maximum absolute atomic E-state index is 12.3. The number of guanidine groups is 1. The Kier molecular flexibility index (Phi) is 4.23. The molecular formula is C15H25N7O. The summed E-state index contributed by atoms with van der Waals surface area (Å²) in [6.45, 7) is 6.76. The largest absolute Gasteiger partial charge is 0.335 e. The van der Waals surface area contributed by atoms with Gasteiger partial charge in [0, 0.05) is 45.0 Å². The molecule has 0 radical (unpaired) electrons. The zero-order valence-electron chi connectivity index (χ0n) is 13.8. The van der Waals surface area contributed by atoms with Crippen molar-refractivity contribution in [3.05, 3.63) is 0 Å². The summed E-state index contributed by atoms with van der Waals surface area (Å²) in [5.74, 6) is 0.859. The standard InChI is InChI=1S/C15H25N7O/c1-10(16)18-14(19-17-2)22-11-4-5-12(22)9-13(8-11)21-7-6-20(3)15(21)23/h11-13H,2,4-9H2,1,3H3,(H2,16,18,19)/t11-,12?,13?/m0/s1. The number of fused-ring (bicyclic) bond motifs is 2. The highest BCUT2D eigenvalue weighted by molar-refractivity contribution is 5.93. The van der Waals surface area contributed by atoms with Crippen molar-refractivity contribution < 1.29 is 4.79 Å². The van der Waals surface area contributed by atoms with Crippen LogP contribution in [0.4, 0.5) is 4.79 Å². The summed E-state index contributed by atoms with van der Waals surface area (Å²) in [6, 6.07) is 1.13. The molecule has 0 saturated carbocycles. The number of rotatable bonds is 2. The Morgan fingerprint density at radius 1 is 1.26 bits per heavy atom. The molecule has 3 fully saturated rings. The van der Waals surface area contributed by atoms with Gasteiger partial charge in [-0.05, 0) is 32.6 Å². The summed E-state index contributed by atoms with van der Waals surface area (Å²) in [6.07, 6.45) is 4.08. The molecule has 126 valence electrons. The molecule has 2 N–H and O–H groups in total. The molecule has 3 aliphatic rings. The van der Waals surface area contributed by atoms with E-state index >= 15 is 0 Å². The van der Waals surface area contributed by atoms with Crippen molar-refractivity contribution in [1.82, 2.24) is 20.1 Å². The van der Waals surface area contributed by atoms with Gasteiger partial charge in [0.25, 0.3) is 0 Å². The van der Waals surface area contributed by atoms with Crippen LogP contribution in [-0.2, 0) is 0 Å². The average Bonchev–Trinajstić information content (AvgIpc) is 2.96. The number of amidine groups is 1. The van der Waals surface area contributed by atoms with Gasteiger partial charge in [-0.2, -0.15) is 10.1 Å². The van der Waals surface area contributed by atoms with E-state index in [2.05, 4.69) is 27.1 Å². The Bertz CT molecular complexity index is 532. The molecule has 0 aliphatic carbocycles. The normalized spacial score (nSPS) is 30.9. The van der Waals surface area contributed by atoms with Crippen molar-refractivity contribution in [3.63, 3.8) is 0 Å². The van der Waals surface area contributed by atoms with Crippen molar-refractivity contribution in [2.75, 3.05) is 20.1 Å². The van der Waals surface area contributed by atoms with Gasteiger partial charge in [-0.15, -0.1) is 0 Å². The summed E-state index contributed by atoms with van der Waals surface area (Å²) >= 11 is 0. The van der Waals surface area contributed by atoms with Crippen molar-refractivity contribution in [2.45, 2.75) is 50.7 Å². The molecule has 3 saturated heterocycles. The monoisotopic (exact) mass is 319 g/mol. The molecule has 0 aromatic heterocycles. The van der Waals surface area contributed by atoms with Crippen LogP contribution in [0.3, 0.4) is 0 Å². The number of amides is 2. The molecule has 2 bridgehead atoms. The Labute approximate surface area is 136 Å². The lowest BCUT2D eigenvalue weighted by Gasteiger charge is -2.42. The SMILES string of the molecule is C=NN/C(=N\C(C)=N)N1C2CC[C@H]1CC(N1CCN(C)C1=O)C2. The van der Waals surface area contributed by atoms with Gasteiger partial charge in [0.1, 0.15) is 5.84 Å². The van der Waals surface area contributed by atoms with Gasteiger partial charge >= 0.3 is 6.03 Å². The molecule has 0 aromatic rings. The van der Waals surface area contributed by atoms with E-state index in [4.69, 9.17) is 5.41 Å². The molecular weight excluding hydrogens is 294 g/mol. The molecule has 2 unspecified atom stereocenters. The zero-order chi connectivity index (χ0) is 16.6. The number of hydrogen-bond donors (Lipinski definition) is 2. The maximum atomic E-state index is 12.3. The van der Waals surface area contributed by atoms with Crippen LogP contribution in [0.5, 0.6) is 0 Å². The number of piperidine rings is 1. The fourth-order valence-electron chi connectivity index (χ4n) is 4.13. The van der Waals surface area contributed by atoms with E-state index in [9.17, 15) is 4.79 Å². The predicted octanol–water partition coefficient (Wildman–Crippen LogP) is 0.908. The number of nitrogens with zero attached hydrogens (tertiary/aromatic N) is 5. The lowest BCUT2D eigenvalue weighted by molar-refractivity contribution is 0.122. The van der Waals surface area contributed by atoms with E-state index in [0.29, 0.717) is 24.1 Å². The number of carbonyl (C=O) groups excluding carboxylic acids is 1. The van der Waals surface area contributed by atoms with Crippen molar-refractivity contribution in [1.29, 1.82) is 5.41 Å². The molecule has 3 atom stereocenters. The van der Waals surface area contributed by atoms with Gasteiger partial charge in [0.05, 0.1) is 0 Å². The van der Waals surface area contributed by atoms with Crippen LogP contribution in [-0.4, -0.2) is 77.5 Å². The topological polar surface area (TPSA) is 87.4 Å². The highest BCUT2D eigenvalue weighted by Gasteiger charge is 2.46. The fraction of sp³-hybridized carbons (Fsp3) is 0.733. The molecule has 23 heavy (non-hydrogen) atoms. The highest BCUT2D eigenvalue weighted by atomic mass is 16.2. The Balaban J connectivity index is 1.75. The van der Waals surface area contributed by atoms with Crippen LogP contribution in [0.25, 0.3) is 0 Å². The summed E-state index contributed by atoms with van der Waals surface area (Å²) in [4.78, 5) is 22.6. The average molecular weight is 319 g/mol. The van der Waals surface area contributed by atoms with E-state index in [-0.39, 0.29) is 11.9 Å². The smallest absolute Gasteiger partial charge is 0.320 e. The first-order valence-electron chi connectivity index (χ1n) is 8.17. The third kappa shape index (κ3) is 2.89. The summed E-state index contributed by atoms with van der Waals surface area (Å²) in [5.41, 5.74) is 2.84. The first kappa shape index (κ1) is 15.8. The molecule has 8 nitrogen and oxygen atoms in total. The minimum Gasteiger partial charge on any atom is -0.335 e. The van der Waals surface area contributed by atoms with Crippen molar-refractivity contribution in [3.8, 4) is 0 Å². The number of urea groups is 1. The lowest BCUT2D eigenvalue weighted by Crippen LogP contribution is -2.55. The molecule has 0 aromatic carbocycles. The number of hydrazone groups is 1. The molecule has 8 heteroatoms. The minimum absolute atomic E-state index is 0.151. The van der Waals surface area contributed by atoms with Gasteiger partial charge in [0.2, 0.25) is 5.96 Å². The van der Waals surface area contributed by atoms with Gasteiger partial charge < -0.3 is 14.7 Å². The Hall–Kier alpha value is -2.12. The summed E-state index contributed by atoms with van der Waals surface area (Å²) < 4.78 is 0. The highest BCUT2D eigenvalue weighted by Crippen LogP contribution is 2.38. The molecule has 3 heterocycles. The number of likely N-dealkylation sites (N-methyl/N-ethyl adjacent to an activating group) is 1. The van der Waals surface area contributed by atoms with E-state index in [0.717, 1.165) is 38.8 Å². The molecule has 3 aliphatic heterocycles. The number of carbonyl (C=O) groups is 1. The van der Waals surface area contributed by atoms with Gasteiger partial charge in [-0.1, -0.05) is 0 Å². The van der Waals surface area contributed by atoms with Gasteiger partial charge in [-0.25, -0.2) is 10.2 Å². The van der Waals surface area contributed by atoms with Crippen LogP contribution in [0.1, 0.15) is 32.6 Å². The quantitative estimate of drug-likeness (QED) is 0.450.